The molecule has 1 amide bonds. The Morgan fingerprint density at radius 2 is 1.48 bits per heavy atom. The van der Waals surface area contributed by atoms with Crippen molar-refractivity contribution in [3.05, 3.63) is 89.5 Å². The first-order valence-corrected chi connectivity index (χ1v) is 9.90. The highest BCUT2D eigenvalue weighted by atomic mass is 32.2. The average Bonchev–Trinajstić information content (AvgIpc) is 2.65. The van der Waals surface area contributed by atoms with Crippen molar-refractivity contribution in [3.8, 4) is 0 Å². The van der Waals surface area contributed by atoms with Crippen LogP contribution in [0.5, 0.6) is 0 Å². The van der Waals surface area contributed by atoms with Gasteiger partial charge < -0.3 is 5.32 Å². The van der Waals surface area contributed by atoms with Gasteiger partial charge in [-0.3, -0.25) is 9.52 Å². The molecule has 27 heavy (non-hydrogen) atoms. The second kappa shape index (κ2) is 7.63. The molecule has 138 valence electrons. The van der Waals surface area contributed by atoms with E-state index in [1.54, 1.807) is 42.5 Å². The minimum atomic E-state index is -3.78. The molecule has 3 aromatic carbocycles. The van der Waals surface area contributed by atoms with Gasteiger partial charge in [0, 0.05) is 5.69 Å². The summed E-state index contributed by atoms with van der Waals surface area (Å²) in [6, 6.07) is 20.2. The van der Waals surface area contributed by atoms with E-state index in [9.17, 15) is 13.2 Å². The standard InChI is InChI=1S/C21H20N2O3S/c1-15-12-13-17(14-16(15)2)22-21(24)19-10-6-7-11-20(19)23-27(25,26)18-8-4-3-5-9-18/h3-14,23H,1-2H3,(H,22,24). The van der Waals surface area contributed by atoms with Crippen LogP contribution in [0.4, 0.5) is 11.4 Å². The number of hydrogen-bond donors (Lipinski definition) is 2. The van der Waals surface area contributed by atoms with Crippen molar-refractivity contribution in [1.29, 1.82) is 0 Å². The van der Waals surface area contributed by atoms with Crippen LogP contribution in [-0.4, -0.2) is 14.3 Å². The molecule has 0 heterocycles. The summed E-state index contributed by atoms with van der Waals surface area (Å²) in [6.45, 7) is 3.96. The van der Waals surface area contributed by atoms with E-state index in [-0.39, 0.29) is 22.1 Å². The van der Waals surface area contributed by atoms with E-state index in [1.807, 2.05) is 32.0 Å². The van der Waals surface area contributed by atoms with E-state index in [1.165, 1.54) is 12.1 Å². The third-order valence-electron chi connectivity index (χ3n) is 4.23. The average molecular weight is 380 g/mol. The van der Waals surface area contributed by atoms with Crippen molar-refractivity contribution in [1.82, 2.24) is 0 Å². The fourth-order valence-corrected chi connectivity index (χ4v) is 3.69. The number of hydrogen-bond acceptors (Lipinski definition) is 3. The van der Waals surface area contributed by atoms with E-state index in [0.717, 1.165) is 11.1 Å². The molecule has 0 spiro atoms. The van der Waals surface area contributed by atoms with Gasteiger partial charge in [0.05, 0.1) is 16.1 Å². The van der Waals surface area contributed by atoms with Gasteiger partial charge in [-0.25, -0.2) is 8.42 Å². The van der Waals surface area contributed by atoms with Crippen molar-refractivity contribution < 1.29 is 13.2 Å². The summed E-state index contributed by atoms with van der Waals surface area (Å²) in [7, 11) is -3.78. The molecule has 0 aromatic heterocycles. The van der Waals surface area contributed by atoms with Gasteiger partial charge in [0.1, 0.15) is 0 Å². The van der Waals surface area contributed by atoms with Gasteiger partial charge in [0.25, 0.3) is 15.9 Å². The number of benzene rings is 3. The summed E-state index contributed by atoms with van der Waals surface area (Å²) in [5.41, 5.74) is 3.32. The van der Waals surface area contributed by atoms with Gasteiger partial charge in [-0.15, -0.1) is 0 Å². The first-order valence-electron chi connectivity index (χ1n) is 8.42. The van der Waals surface area contributed by atoms with Crippen molar-refractivity contribution in [2.45, 2.75) is 18.7 Å². The molecular weight excluding hydrogens is 360 g/mol. The molecule has 3 aromatic rings. The maximum Gasteiger partial charge on any atom is 0.261 e. The number of amides is 1. The summed E-state index contributed by atoms with van der Waals surface area (Å²) in [6.07, 6.45) is 0. The van der Waals surface area contributed by atoms with Crippen molar-refractivity contribution in [2.24, 2.45) is 0 Å². The monoisotopic (exact) mass is 380 g/mol. The van der Waals surface area contributed by atoms with Gasteiger partial charge in [-0.1, -0.05) is 36.4 Å². The second-order valence-corrected chi connectivity index (χ2v) is 7.90. The van der Waals surface area contributed by atoms with Gasteiger partial charge in [-0.05, 0) is 61.4 Å². The van der Waals surface area contributed by atoms with Crippen LogP contribution in [0.25, 0.3) is 0 Å². The summed E-state index contributed by atoms with van der Waals surface area (Å²) in [5.74, 6) is -0.385. The lowest BCUT2D eigenvalue weighted by molar-refractivity contribution is 0.102. The Morgan fingerprint density at radius 3 is 2.19 bits per heavy atom. The predicted octanol–water partition coefficient (Wildman–Crippen LogP) is 4.36. The van der Waals surface area contributed by atoms with Crippen LogP contribution in [0, 0.1) is 13.8 Å². The SMILES string of the molecule is Cc1ccc(NC(=O)c2ccccc2NS(=O)(=O)c2ccccc2)cc1C. The number of anilines is 2. The fourth-order valence-electron chi connectivity index (χ4n) is 2.59. The number of sulfonamides is 1. The lowest BCUT2D eigenvalue weighted by Gasteiger charge is -2.13. The number of carbonyl (C=O) groups excluding carboxylic acids is 1. The minimum absolute atomic E-state index is 0.134. The molecule has 6 heteroatoms. The van der Waals surface area contributed by atoms with Crippen LogP contribution < -0.4 is 10.0 Å². The van der Waals surface area contributed by atoms with Gasteiger partial charge in [0.2, 0.25) is 0 Å². The summed E-state index contributed by atoms with van der Waals surface area (Å²) < 4.78 is 27.6. The number of carbonyl (C=O) groups is 1. The van der Waals surface area contributed by atoms with Crippen LogP contribution in [0.2, 0.25) is 0 Å². The predicted molar refractivity (Wildman–Crippen MR) is 108 cm³/mol. The molecule has 3 rings (SSSR count). The smallest absolute Gasteiger partial charge is 0.261 e. The number of nitrogens with one attached hydrogen (secondary N) is 2. The normalized spacial score (nSPS) is 11.0. The highest BCUT2D eigenvalue weighted by Crippen LogP contribution is 2.22. The molecule has 0 aliphatic heterocycles. The van der Waals surface area contributed by atoms with Crippen LogP contribution in [0.3, 0.4) is 0 Å². The zero-order chi connectivity index (χ0) is 19.4. The fraction of sp³-hybridized carbons (Fsp3) is 0.0952. The molecule has 0 unspecified atom stereocenters. The molecule has 0 bridgehead atoms. The Balaban J connectivity index is 1.87. The lowest BCUT2D eigenvalue weighted by atomic mass is 10.1. The number of para-hydroxylation sites is 1. The highest BCUT2D eigenvalue weighted by Gasteiger charge is 2.18. The highest BCUT2D eigenvalue weighted by molar-refractivity contribution is 7.92. The molecule has 2 N–H and O–H groups in total. The maximum absolute atomic E-state index is 12.7. The molecular formula is C21H20N2O3S. The summed E-state index contributed by atoms with van der Waals surface area (Å²) >= 11 is 0. The molecule has 0 aliphatic carbocycles. The minimum Gasteiger partial charge on any atom is -0.322 e. The maximum atomic E-state index is 12.7. The third kappa shape index (κ3) is 4.35. The summed E-state index contributed by atoms with van der Waals surface area (Å²) in [4.78, 5) is 12.8. The first-order chi connectivity index (χ1) is 12.9. The summed E-state index contributed by atoms with van der Waals surface area (Å²) in [5, 5.41) is 2.82. The largest absolute Gasteiger partial charge is 0.322 e. The topological polar surface area (TPSA) is 75.3 Å². The van der Waals surface area contributed by atoms with Crippen molar-refractivity contribution >= 4 is 27.3 Å². The van der Waals surface area contributed by atoms with Gasteiger partial charge in [-0.2, -0.15) is 0 Å². The molecule has 0 aliphatic rings. The zero-order valence-electron chi connectivity index (χ0n) is 15.1. The van der Waals surface area contributed by atoms with E-state index in [0.29, 0.717) is 5.69 Å². The van der Waals surface area contributed by atoms with Crippen LogP contribution >= 0.6 is 0 Å². The molecule has 0 fully saturated rings. The Bertz CT molecular complexity index is 1080. The number of rotatable bonds is 5. The molecule has 5 nitrogen and oxygen atoms in total. The Morgan fingerprint density at radius 1 is 0.815 bits per heavy atom. The van der Waals surface area contributed by atoms with Crippen LogP contribution in [-0.2, 0) is 10.0 Å². The second-order valence-electron chi connectivity index (χ2n) is 6.22. The van der Waals surface area contributed by atoms with E-state index in [4.69, 9.17) is 0 Å². The lowest BCUT2D eigenvalue weighted by Crippen LogP contribution is -2.18. The van der Waals surface area contributed by atoms with E-state index < -0.39 is 10.0 Å². The third-order valence-corrected chi connectivity index (χ3v) is 5.62. The van der Waals surface area contributed by atoms with E-state index >= 15 is 0 Å². The Labute approximate surface area is 159 Å². The van der Waals surface area contributed by atoms with Crippen LogP contribution in [0.15, 0.2) is 77.7 Å². The van der Waals surface area contributed by atoms with Crippen LogP contribution in [0.1, 0.15) is 21.5 Å². The molecule has 0 atom stereocenters. The van der Waals surface area contributed by atoms with E-state index in [2.05, 4.69) is 10.0 Å². The van der Waals surface area contributed by atoms with Gasteiger partial charge >= 0.3 is 0 Å². The molecule has 0 saturated carbocycles. The Kier molecular flexibility index (Phi) is 5.28. The zero-order valence-corrected chi connectivity index (χ0v) is 15.9. The van der Waals surface area contributed by atoms with Gasteiger partial charge in [0.15, 0.2) is 0 Å². The van der Waals surface area contributed by atoms with Crippen molar-refractivity contribution in [3.63, 3.8) is 0 Å². The number of aryl methyl sites for hydroxylation is 2. The van der Waals surface area contributed by atoms with Crippen molar-refractivity contribution in [2.75, 3.05) is 10.0 Å². The molecule has 0 radical (unpaired) electrons. The first kappa shape index (κ1) is 18.7. The quantitative estimate of drug-likeness (QED) is 0.691. The Hall–Kier alpha value is -3.12. The molecule has 0 saturated heterocycles.